The normalized spacial score (nSPS) is 15.0. The number of hydrogen-bond donors (Lipinski definition) is 1. The summed E-state index contributed by atoms with van der Waals surface area (Å²) in [6.45, 7) is 7.49. The van der Waals surface area contributed by atoms with E-state index in [1.807, 2.05) is 12.5 Å². The topological polar surface area (TPSA) is 61.7 Å². The van der Waals surface area contributed by atoms with Gasteiger partial charge in [-0.3, -0.25) is 0 Å². The molecule has 0 bridgehead atoms. The molecule has 0 saturated heterocycles. The average Bonchev–Trinajstić information content (AvgIpc) is 3.09. The summed E-state index contributed by atoms with van der Waals surface area (Å²) in [7, 11) is 0. The van der Waals surface area contributed by atoms with Crippen LogP contribution in [0.1, 0.15) is 64.2 Å². The molecular weight excluding hydrogens is 262 g/mol. The Labute approximate surface area is 126 Å². The van der Waals surface area contributed by atoms with E-state index in [4.69, 9.17) is 10.7 Å². The molecule has 2 N–H and O–H groups in total. The highest BCUT2D eigenvalue weighted by Crippen LogP contribution is 2.39. The molecule has 2 aromatic heterocycles. The first-order valence-electron chi connectivity index (χ1n) is 8.01. The van der Waals surface area contributed by atoms with Crippen molar-refractivity contribution in [1.29, 1.82) is 0 Å². The molecule has 2 aromatic rings. The third-order valence-corrected chi connectivity index (χ3v) is 4.14. The van der Waals surface area contributed by atoms with Crippen molar-refractivity contribution in [1.82, 2.24) is 19.1 Å². The molecule has 0 aliphatic heterocycles. The van der Waals surface area contributed by atoms with E-state index in [1.165, 1.54) is 12.8 Å². The van der Waals surface area contributed by atoms with Crippen LogP contribution in [0.2, 0.25) is 0 Å². The van der Waals surface area contributed by atoms with Crippen LogP contribution in [0.4, 0.5) is 5.82 Å². The molecule has 5 heteroatoms. The SMILES string of the molecule is CCCCn1c(C(C)C)nc(-c2cncn2C2CC2)c1N. The van der Waals surface area contributed by atoms with Crippen molar-refractivity contribution in [3.8, 4) is 11.4 Å². The summed E-state index contributed by atoms with van der Waals surface area (Å²) < 4.78 is 4.42. The Morgan fingerprint density at radius 1 is 1.38 bits per heavy atom. The lowest BCUT2D eigenvalue weighted by molar-refractivity contribution is 0.588. The Kier molecular flexibility index (Phi) is 3.74. The van der Waals surface area contributed by atoms with E-state index in [1.54, 1.807) is 0 Å². The summed E-state index contributed by atoms with van der Waals surface area (Å²) in [5.74, 6) is 2.24. The third-order valence-electron chi connectivity index (χ3n) is 4.14. The number of imidazole rings is 2. The summed E-state index contributed by atoms with van der Waals surface area (Å²) in [4.78, 5) is 9.16. The van der Waals surface area contributed by atoms with Gasteiger partial charge in [-0.1, -0.05) is 27.2 Å². The van der Waals surface area contributed by atoms with Gasteiger partial charge >= 0.3 is 0 Å². The molecular formula is C16H25N5. The first kappa shape index (κ1) is 14.2. The van der Waals surface area contributed by atoms with Gasteiger partial charge in [0.25, 0.3) is 0 Å². The van der Waals surface area contributed by atoms with Crippen LogP contribution in [0.25, 0.3) is 11.4 Å². The molecule has 3 rings (SSSR count). The van der Waals surface area contributed by atoms with Crippen molar-refractivity contribution in [2.45, 2.75) is 65.0 Å². The van der Waals surface area contributed by atoms with E-state index >= 15 is 0 Å². The second kappa shape index (κ2) is 5.54. The van der Waals surface area contributed by atoms with E-state index in [-0.39, 0.29) is 0 Å². The zero-order valence-electron chi connectivity index (χ0n) is 13.2. The lowest BCUT2D eigenvalue weighted by Crippen LogP contribution is -2.08. The Hall–Kier alpha value is -1.78. The monoisotopic (exact) mass is 287 g/mol. The van der Waals surface area contributed by atoms with Gasteiger partial charge in [0.15, 0.2) is 0 Å². The standard InChI is InChI=1S/C16H25N5/c1-4-5-8-20-15(17)14(19-16(20)11(2)3)13-9-18-10-21(13)12-6-7-12/h9-12H,4-8,17H2,1-3H3. The van der Waals surface area contributed by atoms with Crippen molar-refractivity contribution in [2.75, 3.05) is 5.73 Å². The summed E-state index contributed by atoms with van der Waals surface area (Å²) >= 11 is 0. The van der Waals surface area contributed by atoms with Crippen molar-refractivity contribution < 1.29 is 0 Å². The number of anilines is 1. The second-order valence-corrected chi connectivity index (χ2v) is 6.28. The predicted octanol–water partition coefficient (Wildman–Crippen LogP) is 3.59. The third kappa shape index (κ3) is 2.57. The number of hydrogen-bond acceptors (Lipinski definition) is 3. The van der Waals surface area contributed by atoms with Crippen LogP contribution >= 0.6 is 0 Å². The minimum atomic E-state index is 0.371. The van der Waals surface area contributed by atoms with Crippen molar-refractivity contribution in [3.63, 3.8) is 0 Å². The number of nitrogens with two attached hydrogens (primary N) is 1. The molecule has 0 atom stereocenters. The Balaban J connectivity index is 2.03. The maximum absolute atomic E-state index is 6.42. The largest absolute Gasteiger partial charge is 0.383 e. The molecule has 1 aliphatic rings. The van der Waals surface area contributed by atoms with Crippen molar-refractivity contribution in [3.05, 3.63) is 18.3 Å². The van der Waals surface area contributed by atoms with E-state index in [0.717, 1.165) is 42.4 Å². The van der Waals surface area contributed by atoms with Crippen LogP contribution in [-0.4, -0.2) is 19.1 Å². The molecule has 114 valence electrons. The molecule has 0 radical (unpaired) electrons. The fourth-order valence-electron chi connectivity index (χ4n) is 2.80. The van der Waals surface area contributed by atoms with E-state index in [9.17, 15) is 0 Å². The number of nitrogens with zero attached hydrogens (tertiary/aromatic N) is 4. The quantitative estimate of drug-likeness (QED) is 0.883. The Morgan fingerprint density at radius 2 is 2.14 bits per heavy atom. The molecule has 0 unspecified atom stereocenters. The lowest BCUT2D eigenvalue weighted by Gasteiger charge is -2.11. The molecule has 1 saturated carbocycles. The maximum atomic E-state index is 6.42. The zero-order chi connectivity index (χ0) is 15.0. The molecule has 2 heterocycles. The fourth-order valence-corrected chi connectivity index (χ4v) is 2.80. The second-order valence-electron chi connectivity index (χ2n) is 6.28. The van der Waals surface area contributed by atoms with Gasteiger partial charge in [0.1, 0.15) is 17.3 Å². The molecule has 0 aromatic carbocycles. The van der Waals surface area contributed by atoms with Gasteiger partial charge in [-0.05, 0) is 19.3 Å². The lowest BCUT2D eigenvalue weighted by atomic mass is 10.2. The van der Waals surface area contributed by atoms with Gasteiger partial charge in [0.2, 0.25) is 0 Å². The number of rotatable bonds is 6. The summed E-state index contributed by atoms with van der Waals surface area (Å²) in [6, 6.07) is 0.588. The van der Waals surface area contributed by atoms with Gasteiger partial charge in [-0.25, -0.2) is 9.97 Å². The first-order valence-corrected chi connectivity index (χ1v) is 8.01. The minimum Gasteiger partial charge on any atom is -0.383 e. The van der Waals surface area contributed by atoms with Gasteiger partial charge < -0.3 is 14.9 Å². The van der Waals surface area contributed by atoms with Crippen molar-refractivity contribution >= 4 is 5.82 Å². The maximum Gasteiger partial charge on any atom is 0.133 e. The number of nitrogen functional groups attached to an aromatic ring is 1. The molecule has 21 heavy (non-hydrogen) atoms. The summed E-state index contributed by atoms with van der Waals surface area (Å²) in [6.07, 6.45) is 8.55. The number of aromatic nitrogens is 4. The molecule has 1 fully saturated rings. The van der Waals surface area contributed by atoms with Crippen LogP contribution in [0.3, 0.4) is 0 Å². The van der Waals surface area contributed by atoms with Crippen molar-refractivity contribution in [2.24, 2.45) is 0 Å². The van der Waals surface area contributed by atoms with Crippen LogP contribution in [-0.2, 0) is 6.54 Å². The highest BCUT2D eigenvalue weighted by atomic mass is 15.2. The molecule has 0 spiro atoms. The number of unbranched alkanes of at least 4 members (excludes halogenated alkanes) is 1. The van der Waals surface area contributed by atoms with E-state index < -0.39 is 0 Å². The highest BCUT2D eigenvalue weighted by Gasteiger charge is 2.28. The van der Waals surface area contributed by atoms with Crippen LogP contribution in [0.5, 0.6) is 0 Å². The van der Waals surface area contributed by atoms with Gasteiger partial charge in [0, 0.05) is 18.5 Å². The Morgan fingerprint density at radius 3 is 2.76 bits per heavy atom. The molecule has 0 amide bonds. The van der Waals surface area contributed by atoms with Crippen LogP contribution in [0, 0.1) is 0 Å². The Bertz CT molecular complexity index is 619. The fraction of sp³-hybridized carbons (Fsp3) is 0.625. The van der Waals surface area contributed by atoms with E-state index in [0.29, 0.717) is 12.0 Å². The summed E-state index contributed by atoms with van der Waals surface area (Å²) in [5, 5.41) is 0. The molecule has 5 nitrogen and oxygen atoms in total. The predicted molar refractivity (Wildman–Crippen MR) is 85.1 cm³/mol. The average molecular weight is 287 g/mol. The zero-order valence-corrected chi connectivity index (χ0v) is 13.2. The van der Waals surface area contributed by atoms with Gasteiger partial charge in [-0.15, -0.1) is 0 Å². The van der Waals surface area contributed by atoms with Gasteiger partial charge in [0.05, 0.1) is 18.2 Å². The highest BCUT2D eigenvalue weighted by molar-refractivity contribution is 5.68. The van der Waals surface area contributed by atoms with Crippen LogP contribution in [0.15, 0.2) is 12.5 Å². The minimum absolute atomic E-state index is 0.371. The smallest absolute Gasteiger partial charge is 0.133 e. The first-order chi connectivity index (χ1) is 10.1. The van der Waals surface area contributed by atoms with Crippen LogP contribution < -0.4 is 5.73 Å². The summed E-state index contributed by atoms with van der Waals surface area (Å²) in [5.41, 5.74) is 8.39. The molecule has 1 aliphatic carbocycles. The van der Waals surface area contributed by atoms with Gasteiger partial charge in [-0.2, -0.15) is 0 Å². The van der Waals surface area contributed by atoms with E-state index in [2.05, 4.69) is 34.9 Å².